The van der Waals surface area contributed by atoms with Gasteiger partial charge in [0.25, 0.3) is 0 Å². The Bertz CT molecular complexity index is 340. The molecule has 3 nitrogen and oxygen atoms in total. The highest BCUT2D eigenvalue weighted by Gasteiger charge is 2.19. The topological polar surface area (TPSA) is 24.5 Å². The van der Waals surface area contributed by atoms with E-state index < -0.39 is 0 Å². The monoisotopic (exact) mass is 220 g/mol. The van der Waals surface area contributed by atoms with Gasteiger partial charge in [-0.15, -0.1) is 0 Å². The highest BCUT2D eigenvalue weighted by Crippen LogP contribution is 2.29. The van der Waals surface area contributed by atoms with Crippen molar-refractivity contribution in [3.8, 4) is 0 Å². The summed E-state index contributed by atoms with van der Waals surface area (Å²) in [6, 6.07) is 8.92. The largest absolute Gasteiger partial charge is 0.383 e. The van der Waals surface area contributed by atoms with Crippen LogP contribution in [0.3, 0.4) is 0 Å². The zero-order valence-electron chi connectivity index (χ0n) is 10.1. The Hall–Kier alpha value is -1.22. The van der Waals surface area contributed by atoms with Crippen LogP contribution < -0.4 is 10.2 Å². The Kier molecular flexibility index (Phi) is 3.67. The smallest absolute Gasteiger partial charge is 0.0663 e. The Morgan fingerprint density at radius 2 is 2.25 bits per heavy atom. The van der Waals surface area contributed by atoms with E-state index in [1.54, 1.807) is 7.11 Å². The number of hydrogen-bond donors (Lipinski definition) is 1. The summed E-state index contributed by atoms with van der Waals surface area (Å²) >= 11 is 0. The van der Waals surface area contributed by atoms with Crippen LogP contribution in [0.5, 0.6) is 0 Å². The molecule has 1 aliphatic rings. The third kappa shape index (κ3) is 2.30. The fourth-order valence-corrected chi connectivity index (χ4v) is 2.26. The molecule has 0 spiro atoms. The van der Waals surface area contributed by atoms with Crippen LogP contribution in [0.15, 0.2) is 24.3 Å². The van der Waals surface area contributed by atoms with Crippen molar-refractivity contribution in [2.75, 3.05) is 37.0 Å². The number of nitrogens with zero attached hydrogens (tertiary/aromatic N) is 1. The molecule has 1 heterocycles. The van der Waals surface area contributed by atoms with Crippen molar-refractivity contribution in [1.29, 1.82) is 0 Å². The van der Waals surface area contributed by atoms with Crippen molar-refractivity contribution in [3.05, 3.63) is 24.3 Å². The molecule has 0 aromatic heterocycles. The van der Waals surface area contributed by atoms with Crippen LogP contribution in [0.1, 0.15) is 13.3 Å². The number of methoxy groups -OCH3 is 1. The molecule has 1 atom stereocenters. The first-order valence-corrected chi connectivity index (χ1v) is 5.91. The molecule has 1 N–H and O–H groups in total. The molecule has 0 saturated heterocycles. The number of ether oxygens (including phenoxy) is 1. The lowest BCUT2D eigenvalue weighted by Crippen LogP contribution is -2.36. The van der Waals surface area contributed by atoms with E-state index in [9.17, 15) is 0 Å². The predicted molar refractivity (Wildman–Crippen MR) is 68.2 cm³/mol. The van der Waals surface area contributed by atoms with Crippen molar-refractivity contribution < 1.29 is 4.74 Å². The van der Waals surface area contributed by atoms with Gasteiger partial charge in [0.05, 0.1) is 18.0 Å². The maximum atomic E-state index is 5.25. The average Bonchev–Trinajstić information content (AvgIpc) is 2.51. The van der Waals surface area contributed by atoms with Crippen molar-refractivity contribution >= 4 is 11.4 Å². The molecule has 16 heavy (non-hydrogen) atoms. The van der Waals surface area contributed by atoms with E-state index >= 15 is 0 Å². The van der Waals surface area contributed by atoms with Crippen LogP contribution in [-0.4, -0.2) is 32.8 Å². The van der Waals surface area contributed by atoms with Crippen molar-refractivity contribution in [2.24, 2.45) is 0 Å². The molecule has 1 aromatic carbocycles. The maximum Gasteiger partial charge on any atom is 0.0663 e. The number of anilines is 2. The van der Waals surface area contributed by atoms with E-state index in [4.69, 9.17) is 4.74 Å². The first-order chi connectivity index (χ1) is 7.83. The molecule has 0 saturated carbocycles. The second kappa shape index (κ2) is 5.21. The highest BCUT2D eigenvalue weighted by atomic mass is 16.5. The molecule has 88 valence electrons. The number of benzene rings is 1. The summed E-state index contributed by atoms with van der Waals surface area (Å²) in [5.74, 6) is 0. The summed E-state index contributed by atoms with van der Waals surface area (Å²) in [6.45, 7) is 5.13. The zero-order chi connectivity index (χ0) is 11.4. The minimum absolute atomic E-state index is 0.422. The molecule has 0 aliphatic carbocycles. The molecule has 0 amide bonds. The maximum absolute atomic E-state index is 5.25. The summed E-state index contributed by atoms with van der Waals surface area (Å²) in [4.78, 5) is 2.43. The van der Waals surface area contributed by atoms with Gasteiger partial charge in [-0.05, 0) is 25.5 Å². The molecule has 1 unspecified atom stereocenters. The number of fused-ring (bicyclic) bond motifs is 1. The van der Waals surface area contributed by atoms with Gasteiger partial charge < -0.3 is 15.0 Å². The summed E-state index contributed by atoms with van der Waals surface area (Å²) in [5, 5.41) is 3.47. The van der Waals surface area contributed by atoms with Crippen LogP contribution in [0.25, 0.3) is 0 Å². The number of para-hydroxylation sites is 2. The minimum Gasteiger partial charge on any atom is -0.383 e. The van der Waals surface area contributed by atoms with Crippen molar-refractivity contribution in [1.82, 2.24) is 0 Å². The molecule has 0 radical (unpaired) electrons. The average molecular weight is 220 g/mol. The summed E-state index contributed by atoms with van der Waals surface area (Å²) in [6.07, 6.45) is 1.17. The Balaban J connectivity index is 2.25. The first kappa shape index (κ1) is 11.3. The van der Waals surface area contributed by atoms with Gasteiger partial charge in [0.2, 0.25) is 0 Å². The van der Waals surface area contributed by atoms with Crippen LogP contribution in [0.4, 0.5) is 11.4 Å². The third-order valence-electron chi connectivity index (χ3n) is 3.04. The lowest BCUT2D eigenvalue weighted by molar-refractivity contribution is 0.181. The van der Waals surface area contributed by atoms with Crippen LogP contribution >= 0.6 is 0 Å². The number of hydrogen-bond acceptors (Lipinski definition) is 3. The third-order valence-corrected chi connectivity index (χ3v) is 3.04. The normalized spacial score (nSPS) is 17.2. The van der Waals surface area contributed by atoms with E-state index in [2.05, 4.69) is 41.4 Å². The van der Waals surface area contributed by atoms with Gasteiger partial charge in [0.1, 0.15) is 0 Å². The predicted octanol–water partition coefficient (Wildman–Crippen LogP) is 2.34. The van der Waals surface area contributed by atoms with Gasteiger partial charge in [-0.3, -0.25) is 0 Å². The molecule has 1 aromatic rings. The fourth-order valence-electron chi connectivity index (χ4n) is 2.26. The van der Waals surface area contributed by atoms with Crippen LogP contribution in [0.2, 0.25) is 0 Å². The Labute approximate surface area is 97.4 Å². The van der Waals surface area contributed by atoms with Crippen LogP contribution in [-0.2, 0) is 4.74 Å². The molecular weight excluding hydrogens is 200 g/mol. The molecule has 0 fully saturated rings. The zero-order valence-corrected chi connectivity index (χ0v) is 10.1. The highest BCUT2D eigenvalue weighted by molar-refractivity contribution is 5.71. The van der Waals surface area contributed by atoms with E-state index in [1.807, 2.05) is 0 Å². The second-order valence-electron chi connectivity index (χ2n) is 4.30. The van der Waals surface area contributed by atoms with Gasteiger partial charge in [0.15, 0.2) is 0 Å². The van der Waals surface area contributed by atoms with E-state index in [1.165, 1.54) is 17.8 Å². The Morgan fingerprint density at radius 3 is 3.06 bits per heavy atom. The van der Waals surface area contributed by atoms with E-state index in [-0.39, 0.29) is 0 Å². The first-order valence-electron chi connectivity index (χ1n) is 5.91. The van der Waals surface area contributed by atoms with Gasteiger partial charge in [-0.25, -0.2) is 0 Å². The molecule has 0 bridgehead atoms. The minimum atomic E-state index is 0.422. The number of rotatable bonds is 3. The van der Waals surface area contributed by atoms with Gasteiger partial charge >= 0.3 is 0 Å². The lowest BCUT2D eigenvalue weighted by Gasteiger charge is -2.30. The molecular formula is C13H20N2O. The summed E-state index contributed by atoms with van der Waals surface area (Å²) in [5.41, 5.74) is 2.53. The molecule has 3 heteroatoms. The molecule has 1 aliphatic heterocycles. The molecule has 2 rings (SSSR count). The second-order valence-corrected chi connectivity index (χ2v) is 4.30. The summed E-state index contributed by atoms with van der Waals surface area (Å²) in [7, 11) is 1.76. The lowest BCUT2D eigenvalue weighted by atomic mass is 10.2. The standard InChI is InChI=1S/C13H20N2O/c1-11(10-16-2)15-9-5-8-14-12-6-3-4-7-13(12)15/h3-4,6-7,11,14H,5,8-10H2,1-2H3. The van der Waals surface area contributed by atoms with E-state index in [0.717, 1.165) is 19.7 Å². The van der Waals surface area contributed by atoms with Gasteiger partial charge in [0, 0.05) is 26.2 Å². The van der Waals surface area contributed by atoms with Crippen LogP contribution in [0, 0.1) is 0 Å². The SMILES string of the molecule is COCC(C)N1CCCNc2ccccc21. The number of nitrogens with one attached hydrogen (secondary N) is 1. The van der Waals surface area contributed by atoms with Crippen molar-refractivity contribution in [3.63, 3.8) is 0 Å². The summed E-state index contributed by atoms with van der Waals surface area (Å²) < 4.78 is 5.25. The van der Waals surface area contributed by atoms with Gasteiger partial charge in [-0.2, -0.15) is 0 Å². The fraction of sp³-hybridized carbons (Fsp3) is 0.538. The quantitative estimate of drug-likeness (QED) is 0.846. The van der Waals surface area contributed by atoms with E-state index in [0.29, 0.717) is 6.04 Å². The van der Waals surface area contributed by atoms with Crippen molar-refractivity contribution in [2.45, 2.75) is 19.4 Å². The van der Waals surface area contributed by atoms with Gasteiger partial charge in [-0.1, -0.05) is 12.1 Å². The Morgan fingerprint density at radius 1 is 1.44 bits per heavy atom.